The molecule has 1 aliphatic heterocycles. The Morgan fingerprint density at radius 1 is 1.15 bits per heavy atom. The molecule has 0 unspecified atom stereocenters. The van der Waals surface area contributed by atoms with Gasteiger partial charge < -0.3 is 4.74 Å². The maximum absolute atomic E-state index is 13.3. The smallest absolute Gasteiger partial charge is 0.330 e. The van der Waals surface area contributed by atoms with E-state index in [9.17, 15) is 29.3 Å². The highest BCUT2D eigenvalue weighted by Gasteiger charge is 2.67. The van der Waals surface area contributed by atoms with Gasteiger partial charge in [0.15, 0.2) is 6.61 Å². The average molecular weight is 586 g/mol. The summed E-state index contributed by atoms with van der Waals surface area (Å²) >= 11 is 7.27. The number of ether oxygens (including phenoxy) is 1. The molecule has 11 heteroatoms. The van der Waals surface area contributed by atoms with Gasteiger partial charge in [-0.3, -0.25) is 29.4 Å². The van der Waals surface area contributed by atoms with Crippen LogP contribution in [0.15, 0.2) is 24.3 Å². The average Bonchev–Trinajstić information content (AvgIpc) is 3.38. The largest absolute Gasteiger partial charge is 0.456 e. The van der Waals surface area contributed by atoms with Gasteiger partial charge in [0, 0.05) is 27.4 Å². The molecule has 3 aliphatic rings. The van der Waals surface area contributed by atoms with Gasteiger partial charge in [-0.25, -0.2) is 4.79 Å². The molecule has 7 atom stereocenters. The summed E-state index contributed by atoms with van der Waals surface area (Å²) in [5.74, 6) is -3.48. The number of fused-ring (bicyclic) bond motifs is 5. The molecule has 0 aromatic heterocycles. The number of nitrogens with zero attached hydrogens (tertiary/aromatic N) is 2. The van der Waals surface area contributed by atoms with Crippen LogP contribution in [0, 0.1) is 39.7 Å². The third kappa shape index (κ3) is 3.92. The number of ketones is 1. The Kier molecular flexibility index (Phi) is 6.47. The van der Waals surface area contributed by atoms with Crippen molar-refractivity contribution in [2.75, 3.05) is 6.61 Å². The van der Waals surface area contributed by atoms with Gasteiger partial charge in [-0.1, -0.05) is 57.8 Å². The van der Waals surface area contributed by atoms with Gasteiger partial charge in [0.2, 0.25) is 17.6 Å². The third-order valence-electron chi connectivity index (χ3n) is 6.90. The van der Waals surface area contributed by atoms with E-state index < -0.39 is 47.1 Å². The molecular weight excluding hydrogens is 564 g/mol. The number of Topliss-reactive ketones (excluding diaryl/α,β-unsaturated/α-hetero) is 1. The van der Waals surface area contributed by atoms with Crippen LogP contribution in [-0.4, -0.2) is 55.7 Å². The van der Waals surface area contributed by atoms with E-state index in [4.69, 9.17) is 4.74 Å². The van der Waals surface area contributed by atoms with Crippen molar-refractivity contribution in [2.24, 2.45) is 29.6 Å². The number of imide groups is 1. The lowest BCUT2D eigenvalue weighted by molar-refractivity contribution is -0.384. The van der Waals surface area contributed by atoms with Crippen LogP contribution >= 0.6 is 31.9 Å². The minimum atomic E-state index is -1.14. The van der Waals surface area contributed by atoms with E-state index in [0.717, 1.165) is 17.4 Å². The lowest BCUT2D eigenvalue weighted by atomic mass is 9.81. The van der Waals surface area contributed by atoms with Crippen LogP contribution in [-0.2, 0) is 19.1 Å². The maximum Gasteiger partial charge on any atom is 0.330 e. The first-order chi connectivity index (χ1) is 15.5. The summed E-state index contributed by atoms with van der Waals surface area (Å²) in [6, 6.07) is 3.97. The Hall–Kier alpha value is -2.14. The molecule has 3 fully saturated rings. The summed E-state index contributed by atoms with van der Waals surface area (Å²) in [5.41, 5.74) is -0.221. The highest BCUT2D eigenvalue weighted by atomic mass is 79.9. The molecule has 33 heavy (non-hydrogen) atoms. The minimum Gasteiger partial charge on any atom is -0.456 e. The van der Waals surface area contributed by atoms with E-state index in [1.807, 2.05) is 0 Å². The predicted octanol–water partition coefficient (Wildman–Crippen LogP) is 3.12. The van der Waals surface area contributed by atoms with Crippen molar-refractivity contribution in [3.8, 4) is 0 Å². The molecule has 9 nitrogen and oxygen atoms in total. The normalized spacial score (nSPS) is 31.1. The van der Waals surface area contributed by atoms with E-state index >= 15 is 0 Å². The molecule has 1 aromatic rings. The Balaban J connectivity index is 1.49. The van der Waals surface area contributed by atoms with E-state index in [1.54, 1.807) is 13.8 Å². The number of hydrogen-bond donors (Lipinski definition) is 0. The second kappa shape index (κ2) is 8.90. The predicted molar refractivity (Wildman–Crippen MR) is 123 cm³/mol. The monoisotopic (exact) mass is 584 g/mol. The van der Waals surface area contributed by atoms with Crippen molar-refractivity contribution in [2.45, 2.75) is 36.0 Å². The minimum absolute atomic E-state index is 0.0186. The summed E-state index contributed by atoms with van der Waals surface area (Å²) < 4.78 is 5.20. The van der Waals surface area contributed by atoms with Crippen LogP contribution in [0.2, 0.25) is 0 Å². The molecule has 176 valence electrons. The van der Waals surface area contributed by atoms with Crippen molar-refractivity contribution in [3.63, 3.8) is 0 Å². The maximum atomic E-state index is 13.3. The molecule has 2 bridgehead atoms. The fourth-order valence-electron chi connectivity index (χ4n) is 5.42. The number of nitro groups is 1. The molecule has 2 amide bonds. The number of carbonyl (C=O) groups is 4. The summed E-state index contributed by atoms with van der Waals surface area (Å²) in [5, 5.41) is 10.9. The second-order valence-electron chi connectivity index (χ2n) is 9.08. The lowest BCUT2D eigenvalue weighted by Crippen LogP contribution is -2.50. The van der Waals surface area contributed by atoms with Crippen LogP contribution in [0.1, 0.15) is 30.6 Å². The summed E-state index contributed by atoms with van der Waals surface area (Å²) in [6.07, 6.45) is 0.779. The van der Waals surface area contributed by atoms with Crippen molar-refractivity contribution in [3.05, 3.63) is 39.9 Å². The first-order valence-corrected chi connectivity index (χ1v) is 12.5. The zero-order valence-corrected chi connectivity index (χ0v) is 21.0. The van der Waals surface area contributed by atoms with Gasteiger partial charge in [0.05, 0.1) is 16.8 Å². The molecule has 4 rings (SSSR count). The Bertz CT molecular complexity index is 1010. The van der Waals surface area contributed by atoms with Crippen LogP contribution in [0.25, 0.3) is 0 Å². The van der Waals surface area contributed by atoms with Crippen LogP contribution in [0.4, 0.5) is 5.69 Å². The van der Waals surface area contributed by atoms with Gasteiger partial charge in [-0.05, 0) is 24.2 Å². The third-order valence-corrected chi connectivity index (χ3v) is 10.1. The molecule has 0 radical (unpaired) electrons. The highest BCUT2D eigenvalue weighted by Crippen LogP contribution is 2.60. The lowest BCUT2D eigenvalue weighted by Gasteiger charge is -2.28. The van der Waals surface area contributed by atoms with Crippen molar-refractivity contribution in [1.29, 1.82) is 0 Å². The number of carbonyl (C=O) groups excluding carboxylic acids is 4. The topological polar surface area (TPSA) is 124 Å². The Morgan fingerprint density at radius 2 is 1.73 bits per heavy atom. The molecule has 2 aliphatic carbocycles. The molecule has 1 aromatic carbocycles. The number of alkyl halides is 2. The number of rotatable bonds is 7. The molecule has 2 saturated carbocycles. The molecule has 1 saturated heterocycles. The number of esters is 1. The first-order valence-electron chi connectivity index (χ1n) is 10.6. The van der Waals surface area contributed by atoms with Gasteiger partial charge in [-0.2, -0.15) is 0 Å². The van der Waals surface area contributed by atoms with Crippen molar-refractivity contribution < 1.29 is 28.8 Å². The number of likely N-dealkylation sites (tertiary alicyclic amines) is 1. The van der Waals surface area contributed by atoms with E-state index in [0.29, 0.717) is 0 Å². The standard InChI is InChI=1S/C22H22Br2N2O7/c1-9(2)19(22(30)33-8-14(27)10-4-3-5-11(6-10)26(31)32)25-20(28)15-12-7-13(16(15)21(25)29)18(24)17(12)23/h3-6,9,12-13,15-19H,7-8H2,1-2H3/t12-,13-,15-,16+,17+,18+,19-/m1/s1. The Labute approximate surface area is 206 Å². The molecule has 0 spiro atoms. The van der Waals surface area contributed by atoms with Gasteiger partial charge in [0.1, 0.15) is 6.04 Å². The molecule has 1 heterocycles. The van der Waals surface area contributed by atoms with Crippen molar-refractivity contribution >= 4 is 61.1 Å². The highest BCUT2D eigenvalue weighted by molar-refractivity contribution is 9.12. The van der Waals surface area contributed by atoms with Crippen LogP contribution in [0.5, 0.6) is 0 Å². The number of hydrogen-bond acceptors (Lipinski definition) is 7. The SMILES string of the molecule is CC(C)[C@H](C(=O)OCC(=O)c1cccc([N+](=O)[O-])c1)N1C(=O)[C@@H]2[C@H]3C[C@@H]([C@H](Br)[C@H]3Br)[C@@H]2C1=O. The summed E-state index contributed by atoms with van der Waals surface area (Å²) in [7, 11) is 0. The molecule has 0 N–H and O–H groups in total. The van der Waals surface area contributed by atoms with Gasteiger partial charge >= 0.3 is 5.97 Å². The number of nitro benzene ring substituents is 1. The van der Waals surface area contributed by atoms with Crippen LogP contribution < -0.4 is 0 Å². The fraction of sp³-hybridized carbons (Fsp3) is 0.545. The van der Waals surface area contributed by atoms with Gasteiger partial charge in [-0.15, -0.1) is 0 Å². The number of halogens is 2. The Morgan fingerprint density at radius 3 is 2.24 bits per heavy atom. The number of non-ortho nitro benzene ring substituents is 1. The van der Waals surface area contributed by atoms with Crippen LogP contribution in [0.3, 0.4) is 0 Å². The van der Waals surface area contributed by atoms with E-state index in [1.165, 1.54) is 18.2 Å². The quantitative estimate of drug-likeness (QED) is 0.120. The van der Waals surface area contributed by atoms with Gasteiger partial charge in [0.25, 0.3) is 5.69 Å². The van der Waals surface area contributed by atoms with E-state index in [-0.39, 0.29) is 44.6 Å². The zero-order chi connectivity index (χ0) is 24.2. The number of amides is 2. The molecular formula is C22H22Br2N2O7. The second-order valence-corrected chi connectivity index (χ2v) is 11.2. The summed E-state index contributed by atoms with van der Waals surface area (Å²) in [6.45, 7) is 2.76. The fourth-order valence-corrected chi connectivity index (χ4v) is 7.29. The number of benzene rings is 1. The zero-order valence-electron chi connectivity index (χ0n) is 17.9. The summed E-state index contributed by atoms with van der Waals surface area (Å²) in [4.78, 5) is 63.5. The van der Waals surface area contributed by atoms with Crippen molar-refractivity contribution in [1.82, 2.24) is 4.90 Å². The first kappa shape index (κ1) is 24.0. The van der Waals surface area contributed by atoms with E-state index in [2.05, 4.69) is 31.9 Å².